The van der Waals surface area contributed by atoms with Crippen LogP contribution in [-0.4, -0.2) is 12.2 Å². The van der Waals surface area contributed by atoms with E-state index < -0.39 is 11.8 Å². The number of halogens is 2. The van der Waals surface area contributed by atoms with Crippen molar-refractivity contribution in [3.05, 3.63) is 64.4 Å². The smallest absolute Gasteiger partial charge is 0.306 e. The van der Waals surface area contributed by atoms with Crippen LogP contribution in [0.1, 0.15) is 11.1 Å². The van der Waals surface area contributed by atoms with Crippen LogP contribution in [0.15, 0.2) is 47.6 Å². The predicted octanol–water partition coefficient (Wildman–Crippen LogP) is 3.94. The Balaban J connectivity index is 1.98. The summed E-state index contributed by atoms with van der Waals surface area (Å²) in [5.74, 6) is -0.507. The molecule has 21 heavy (non-hydrogen) atoms. The second kappa shape index (κ2) is 6.85. The molecule has 2 rings (SSSR count). The van der Waals surface area contributed by atoms with E-state index in [-0.39, 0.29) is 10.6 Å². The summed E-state index contributed by atoms with van der Waals surface area (Å²) < 4.78 is 13.5. The van der Waals surface area contributed by atoms with Gasteiger partial charge in [0.15, 0.2) is 0 Å². The van der Waals surface area contributed by atoms with Crippen molar-refractivity contribution >= 4 is 29.5 Å². The first-order valence-corrected chi connectivity index (χ1v) is 6.55. The third kappa shape index (κ3) is 4.03. The third-order valence-corrected chi connectivity index (χ3v) is 3.08. The van der Waals surface area contributed by atoms with E-state index >= 15 is 0 Å². The fourth-order valence-corrected chi connectivity index (χ4v) is 1.86. The van der Waals surface area contributed by atoms with E-state index in [9.17, 15) is 9.18 Å². The SMILES string of the molecule is Cc1ccccc1NC(=O)N/N=C\c1c(F)cccc1Cl. The van der Waals surface area contributed by atoms with Crippen molar-refractivity contribution in [3.63, 3.8) is 0 Å². The molecule has 0 aliphatic carbocycles. The number of hydrazone groups is 1. The van der Waals surface area contributed by atoms with Crippen molar-refractivity contribution in [2.24, 2.45) is 5.10 Å². The number of para-hydroxylation sites is 1. The van der Waals surface area contributed by atoms with Gasteiger partial charge in [-0.2, -0.15) is 5.10 Å². The molecular formula is C15H13ClFN3O. The highest BCUT2D eigenvalue weighted by Gasteiger charge is 2.05. The Hall–Kier alpha value is -2.40. The van der Waals surface area contributed by atoms with Crippen molar-refractivity contribution in [1.29, 1.82) is 0 Å². The minimum atomic E-state index is -0.520. The lowest BCUT2D eigenvalue weighted by Crippen LogP contribution is -2.24. The first-order valence-electron chi connectivity index (χ1n) is 6.17. The summed E-state index contributed by atoms with van der Waals surface area (Å²) in [6.07, 6.45) is 1.16. The zero-order valence-electron chi connectivity index (χ0n) is 11.2. The average Bonchev–Trinajstić information content (AvgIpc) is 2.45. The Kier molecular flexibility index (Phi) is 4.90. The van der Waals surface area contributed by atoms with Crippen LogP contribution in [0.3, 0.4) is 0 Å². The predicted molar refractivity (Wildman–Crippen MR) is 82.3 cm³/mol. The zero-order valence-corrected chi connectivity index (χ0v) is 12.0. The minimum absolute atomic E-state index is 0.121. The molecule has 2 N–H and O–H groups in total. The van der Waals surface area contributed by atoms with Gasteiger partial charge < -0.3 is 5.32 Å². The van der Waals surface area contributed by atoms with E-state index in [1.54, 1.807) is 12.1 Å². The summed E-state index contributed by atoms with van der Waals surface area (Å²) in [6.45, 7) is 1.87. The van der Waals surface area contributed by atoms with Crippen LogP contribution in [0.2, 0.25) is 5.02 Å². The van der Waals surface area contributed by atoms with Gasteiger partial charge in [0.2, 0.25) is 0 Å². The topological polar surface area (TPSA) is 53.5 Å². The first-order chi connectivity index (χ1) is 10.1. The number of rotatable bonds is 3. The Morgan fingerprint density at radius 1 is 1.24 bits per heavy atom. The number of carbonyl (C=O) groups excluding carboxylic acids is 1. The van der Waals surface area contributed by atoms with Crippen molar-refractivity contribution in [2.45, 2.75) is 6.92 Å². The summed E-state index contributed by atoms with van der Waals surface area (Å²) >= 11 is 5.84. The van der Waals surface area contributed by atoms with Crippen LogP contribution in [0.5, 0.6) is 0 Å². The molecule has 0 unspecified atom stereocenters. The number of hydrogen-bond donors (Lipinski definition) is 2. The van der Waals surface area contributed by atoms with Gasteiger partial charge in [0.25, 0.3) is 0 Å². The Morgan fingerprint density at radius 2 is 2.00 bits per heavy atom. The van der Waals surface area contributed by atoms with Crippen molar-refractivity contribution in [1.82, 2.24) is 5.43 Å². The third-order valence-electron chi connectivity index (χ3n) is 2.75. The van der Waals surface area contributed by atoms with Crippen LogP contribution in [-0.2, 0) is 0 Å². The highest BCUT2D eigenvalue weighted by Crippen LogP contribution is 2.16. The van der Waals surface area contributed by atoms with Gasteiger partial charge in [-0.3, -0.25) is 0 Å². The van der Waals surface area contributed by atoms with Crippen molar-refractivity contribution in [3.8, 4) is 0 Å². The number of urea groups is 1. The van der Waals surface area contributed by atoms with Gasteiger partial charge in [-0.05, 0) is 30.7 Å². The fraction of sp³-hybridized carbons (Fsp3) is 0.0667. The number of anilines is 1. The standard InChI is InChI=1S/C15H13ClFN3O/c1-10-5-2-3-8-14(10)19-15(21)20-18-9-11-12(16)6-4-7-13(11)17/h2-9H,1H3,(H2,19,20,21)/b18-9-. The van der Waals surface area contributed by atoms with E-state index in [4.69, 9.17) is 11.6 Å². The molecule has 2 aromatic rings. The number of carbonyl (C=O) groups is 1. The van der Waals surface area contributed by atoms with E-state index in [1.165, 1.54) is 12.1 Å². The molecular weight excluding hydrogens is 293 g/mol. The highest BCUT2D eigenvalue weighted by atomic mass is 35.5. The molecule has 2 amide bonds. The maximum Gasteiger partial charge on any atom is 0.339 e. The van der Waals surface area contributed by atoms with Gasteiger partial charge in [-0.25, -0.2) is 14.6 Å². The molecule has 0 aromatic heterocycles. The maximum atomic E-state index is 13.5. The lowest BCUT2D eigenvalue weighted by atomic mass is 10.2. The fourth-order valence-electron chi connectivity index (χ4n) is 1.65. The summed E-state index contributed by atoms with van der Waals surface area (Å²) in [6, 6.07) is 11.1. The molecule has 0 aliphatic rings. The molecule has 0 saturated heterocycles. The second-order valence-corrected chi connectivity index (χ2v) is 4.68. The molecule has 0 aliphatic heterocycles. The van der Waals surface area contributed by atoms with Gasteiger partial charge in [0.1, 0.15) is 5.82 Å². The van der Waals surface area contributed by atoms with Crippen molar-refractivity contribution in [2.75, 3.05) is 5.32 Å². The average molecular weight is 306 g/mol. The van der Waals surface area contributed by atoms with Crippen LogP contribution in [0.4, 0.5) is 14.9 Å². The second-order valence-electron chi connectivity index (χ2n) is 4.27. The molecule has 4 nitrogen and oxygen atoms in total. The zero-order chi connectivity index (χ0) is 15.2. The first kappa shape index (κ1) is 15.0. The largest absolute Gasteiger partial charge is 0.339 e. The van der Waals surface area contributed by atoms with Crippen LogP contribution < -0.4 is 10.7 Å². The number of benzene rings is 2. The lowest BCUT2D eigenvalue weighted by Gasteiger charge is -2.06. The number of aryl methyl sites for hydroxylation is 1. The summed E-state index contributed by atoms with van der Waals surface area (Å²) in [4.78, 5) is 11.7. The highest BCUT2D eigenvalue weighted by molar-refractivity contribution is 6.33. The number of amides is 2. The molecule has 6 heteroatoms. The number of hydrogen-bond acceptors (Lipinski definition) is 2. The molecule has 0 radical (unpaired) electrons. The summed E-state index contributed by atoms with van der Waals surface area (Å²) in [5, 5.41) is 6.53. The minimum Gasteiger partial charge on any atom is -0.306 e. The molecule has 2 aromatic carbocycles. The quantitative estimate of drug-likeness (QED) is 0.655. The molecule has 0 saturated carbocycles. The monoisotopic (exact) mass is 305 g/mol. The normalized spacial score (nSPS) is 10.6. The lowest BCUT2D eigenvalue weighted by molar-refractivity contribution is 0.252. The van der Waals surface area contributed by atoms with Crippen LogP contribution >= 0.6 is 11.6 Å². The number of nitrogens with zero attached hydrogens (tertiary/aromatic N) is 1. The maximum absolute atomic E-state index is 13.5. The molecule has 0 spiro atoms. The van der Waals surface area contributed by atoms with Gasteiger partial charge >= 0.3 is 6.03 Å². The van der Waals surface area contributed by atoms with E-state index in [0.29, 0.717) is 5.69 Å². The van der Waals surface area contributed by atoms with Gasteiger partial charge in [-0.1, -0.05) is 35.9 Å². The van der Waals surface area contributed by atoms with E-state index in [1.807, 2.05) is 25.1 Å². The summed E-state index contributed by atoms with van der Waals surface area (Å²) in [7, 11) is 0. The Morgan fingerprint density at radius 3 is 2.71 bits per heavy atom. The van der Waals surface area contributed by atoms with Crippen molar-refractivity contribution < 1.29 is 9.18 Å². The van der Waals surface area contributed by atoms with Gasteiger partial charge in [-0.15, -0.1) is 0 Å². The molecule has 0 heterocycles. The molecule has 108 valence electrons. The number of nitrogens with one attached hydrogen (secondary N) is 2. The van der Waals surface area contributed by atoms with E-state index in [2.05, 4.69) is 15.8 Å². The van der Waals surface area contributed by atoms with Gasteiger partial charge in [0.05, 0.1) is 11.2 Å². The molecule has 0 bridgehead atoms. The van der Waals surface area contributed by atoms with E-state index in [0.717, 1.165) is 11.8 Å². The molecule has 0 atom stereocenters. The summed E-state index contributed by atoms with van der Waals surface area (Å²) in [5.41, 5.74) is 3.98. The molecule has 0 fully saturated rings. The van der Waals surface area contributed by atoms with Crippen LogP contribution in [0.25, 0.3) is 0 Å². The van der Waals surface area contributed by atoms with Crippen LogP contribution in [0, 0.1) is 12.7 Å². The Bertz CT molecular complexity index is 668. The van der Waals surface area contributed by atoms with Gasteiger partial charge in [0, 0.05) is 11.3 Å². The Labute approximate surface area is 126 Å².